The van der Waals surface area contributed by atoms with Gasteiger partial charge in [0.1, 0.15) is 23.1 Å². The highest BCUT2D eigenvalue weighted by molar-refractivity contribution is 5.82. The smallest absolute Gasteiger partial charge is 0.141 e. The molecule has 0 bridgehead atoms. The Morgan fingerprint density at radius 2 is 1.61 bits per heavy atom. The third-order valence-corrected chi connectivity index (χ3v) is 5.56. The summed E-state index contributed by atoms with van der Waals surface area (Å²) in [4.78, 5) is 4.97. The van der Waals surface area contributed by atoms with Crippen molar-refractivity contribution in [3.05, 3.63) is 72.8 Å². The highest BCUT2D eigenvalue weighted by Gasteiger charge is 2.14. The predicted molar refractivity (Wildman–Crippen MR) is 135 cm³/mol. The Morgan fingerprint density at radius 3 is 2.36 bits per heavy atom. The summed E-state index contributed by atoms with van der Waals surface area (Å²) in [7, 11) is 0. The highest BCUT2D eigenvalue weighted by atomic mass is 16.5. The fraction of sp³-hybridized carbons (Fsp3) is 0.321. The molecule has 5 nitrogen and oxygen atoms in total. The van der Waals surface area contributed by atoms with Crippen LogP contribution < -0.4 is 14.8 Å². The molecule has 1 N–H and O–H groups in total. The van der Waals surface area contributed by atoms with Gasteiger partial charge in [-0.3, -0.25) is 0 Å². The van der Waals surface area contributed by atoms with Crippen molar-refractivity contribution in [3.63, 3.8) is 0 Å². The fourth-order valence-corrected chi connectivity index (χ4v) is 3.82. The Labute approximate surface area is 196 Å². The number of imidazole rings is 1. The highest BCUT2D eigenvalue weighted by Crippen LogP contribution is 2.30. The van der Waals surface area contributed by atoms with Crippen molar-refractivity contribution in [2.45, 2.75) is 39.7 Å². The quantitative estimate of drug-likeness (QED) is 0.248. The second kappa shape index (κ2) is 11.5. The lowest BCUT2D eigenvalue weighted by molar-refractivity contribution is 0.309. The van der Waals surface area contributed by atoms with Gasteiger partial charge in [-0.25, -0.2) is 4.98 Å². The summed E-state index contributed by atoms with van der Waals surface area (Å²) < 4.78 is 14.3. The van der Waals surface area contributed by atoms with Gasteiger partial charge < -0.3 is 19.4 Å². The van der Waals surface area contributed by atoms with Gasteiger partial charge >= 0.3 is 0 Å². The van der Waals surface area contributed by atoms with Crippen molar-refractivity contribution >= 4 is 11.0 Å². The van der Waals surface area contributed by atoms with E-state index < -0.39 is 0 Å². The van der Waals surface area contributed by atoms with Gasteiger partial charge in [-0.1, -0.05) is 38.5 Å². The molecule has 0 atom stereocenters. The fourth-order valence-electron chi connectivity index (χ4n) is 3.82. The van der Waals surface area contributed by atoms with Gasteiger partial charge in [0.05, 0.1) is 17.6 Å². The molecule has 172 valence electrons. The number of ether oxygens (including phenoxy) is 2. The van der Waals surface area contributed by atoms with Gasteiger partial charge in [0.15, 0.2) is 0 Å². The molecule has 0 saturated heterocycles. The standard InChI is InChI=1S/C28H33N3O2/c1-3-5-19-31-27-21-25(32-20-9-18-29-4-2)16-17-26(27)30-28(31)22-12-14-24(15-13-22)33-23-10-7-6-8-11-23/h6-8,10-17,21,29H,3-5,9,18-20H2,1-2H3. The van der Waals surface area contributed by atoms with Crippen molar-refractivity contribution in [1.82, 2.24) is 14.9 Å². The molecule has 0 amide bonds. The van der Waals surface area contributed by atoms with E-state index in [1.54, 1.807) is 0 Å². The zero-order chi connectivity index (χ0) is 22.9. The van der Waals surface area contributed by atoms with Crippen LogP contribution in [0.5, 0.6) is 17.2 Å². The minimum Gasteiger partial charge on any atom is -0.493 e. The average Bonchev–Trinajstić information content (AvgIpc) is 3.21. The van der Waals surface area contributed by atoms with E-state index in [4.69, 9.17) is 14.5 Å². The van der Waals surface area contributed by atoms with Gasteiger partial charge in [0.25, 0.3) is 0 Å². The molecule has 0 spiro atoms. The van der Waals surface area contributed by atoms with Crippen molar-refractivity contribution in [2.24, 2.45) is 0 Å². The van der Waals surface area contributed by atoms with Gasteiger partial charge in [0.2, 0.25) is 0 Å². The number of unbranched alkanes of at least 4 members (excludes halogenated alkanes) is 1. The lowest BCUT2D eigenvalue weighted by Crippen LogP contribution is -2.16. The molecule has 0 fully saturated rings. The third-order valence-electron chi connectivity index (χ3n) is 5.56. The maximum atomic E-state index is 6.01. The Hall–Kier alpha value is -3.31. The minimum absolute atomic E-state index is 0.706. The number of aryl methyl sites for hydroxylation is 1. The summed E-state index contributed by atoms with van der Waals surface area (Å²) in [5, 5.41) is 3.33. The first kappa shape index (κ1) is 22.9. The molecule has 33 heavy (non-hydrogen) atoms. The number of hydrogen-bond acceptors (Lipinski definition) is 4. The molecule has 0 aliphatic heterocycles. The number of nitrogens with one attached hydrogen (secondary N) is 1. The molecule has 0 aliphatic rings. The number of rotatable bonds is 12. The molecule has 1 aromatic heterocycles. The van der Waals surface area contributed by atoms with E-state index in [1.165, 1.54) is 0 Å². The molecule has 4 aromatic rings. The molecular formula is C28H33N3O2. The van der Waals surface area contributed by atoms with Crippen molar-refractivity contribution in [3.8, 4) is 28.6 Å². The van der Waals surface area contributed by atoms with Crippen molar-refractivity contribution in [1.29, 1.82) is 0 Å². The zero-order valence-corrected chi connectivity index (χ0v) is 19.6. The summed E-state index contributed by atoms with van der Waals surface area (Å²) in [6.45, 7) is 7.93. The van der Waals surface area contributed by atoms with Crippen LogP contribution in [0.25, 0.3) is 22.4 Å². The number of fused-ring (bicyclic) bond motifs is 1. The average molecular weight is 444 g/mol. The molecule has 0 unspecified atom stereocenters. The van der Waals surface area contributed by atoms with Gasteiger partial charge in [-0.05, 0) is 74.5 Å². The Morgan fingerprint density at radius 1 is 0.848 bits per heavy atom. The predicted octanol–water partition coefficient (Wildman–Crippen LogP) is 6.67. The van der Waals surface area contributed by atoms with Crippen LogP contribution in [0.3, 0.4) is 0 Å². The monoisotopic (exact) mass is 443 g/mol. The minimum atomic E-state index is 0.706. The molecule has 5 heteroatoms. The van der Waals surface area contributed by atoms with E-state index in [0.717, 1.165) is 78.6 Å². The van der Waals surface area contributed by atoms with E-state index >= 15 is 0 Å². The van der Waals surface area contributed by atoms with E-state index in [0.29, 0.717) is 6.61 Å². The maximum Gasteiger partial charge on any atom is 0.141 e. The number of hydrogen-bond donors (Lipinski definition) is 1. The summed E-state index contributed by atoms with van der Waals surface area (Å²) in [6.07, 6.45) is 3.22. The molecule has 0 aliphatic carbocycles. The molecular weight excluding hydrogens is 410 g/mol. The molecule has 0 radical (unpaired) electrons. The Bertz CT molecular complexity index is 1140. The Balaban J connectivity index is 1.56. The van der Waals surface area contributed by atoms with Crippen molar-refractivity contribution in [2.75, 3.05) is 19.7 Å². The van der Waals surface area contributed by atoms with Gasteiger partial charge in [0, 0.05) is 18.2 Å². The maximum absolute atomic E-state index is 6.01. The number of benzene rings is 3. The van der Waals surface area contributed by atoms with E-state index in [2.05, 4.69) is 48.0 Å². The van der Waals surface area contributed by atoms with Gasteiger partial charge in [-0.2, -0.15) is 0 Å². The largest absolute Gasteiger partial charge is 0.493 e. The second-order valence-electron chi connectivity index (χ2n) is 8.09. The normalized spacial score (nSPS) is 11.1. The first-order chi connectivity index (χ1) is 16.3. The van der Waals surface area contributed by atoms with E-state index in [-0.39, 0.29) is 0 Å². The SMILES string of the molecule is CCCCn1c(-c2ccc(Oc3ccccc3)cc2)nc2ccc(OCCCNCC)cc21. The molecule has 4 rings (SSSR count). The van der Waals surface area contributed by atoms with E-state index in [9.17, 15) is 0 Å². The molecule has 3 aromatic carbocycles. The first-order valence-electron chi connectivity index (χ1n) is 12.0. The number of aromatic nitrogens is 2. The summed E-state index contributed by atoms with van der Waals surface area (Å²) >= 11 is 0. The lowest BCUT2D eigenvalue weighted by Gasteiger charge is -2.11. The topological polar surface area (TPSA) is 48.3 Å². The summed E-state index contributed by atoms with van der Waals surface area (Å²) in [5.41, 5.74) is 3.19. The van der Waals surface area contributed by atoms with Crippen LogP contribution in [0, 0.1) is 0 Å². The van der Waals surface area contributed by atoms with E-state index in [1.807, 2.05) is 48.5 Å². The zero-order valence-electron chi connectivity index (χ0n) is 19.6. The van der Waals surface area contributed by atoms with Crippen LogP contribution in [-0.2, 0) is 6.54 Å². The molecule has 1 heterocycles. The van der Waals surface area contributed by atoms with Crippen LogP contribution in [0.2, 0.25) is 0 Å². The van der Waals surface area contributed by atoms with Crippen LogP contribution in [0.15, 0.2) is 72.8 Å². The summed E-state index contributed by atoms with van der Waals surface area (Å²) in [6, 6.07) is 24.2. The van der Waals surface area contributed by atoms with Crippen LogP contribution >= 0.6 is 0 Å². The first-order valence-corrected chi connectivity index (χ1v) is 12.0. The lowest BCUT2D eigenvalue weighted by atomic mass is 10.2. The number of nitrogens with zero attached hydrogens (tertiary/aromatic N) is 2. The Kier molecular flexibility index (Phi) is 7.99. The van der Waals surface area contributed by atoms with Crippen LogP contribution in [-0.4, -0.2) is 29.2 Å². The molecule has 0 saturated carbocycles. The van der Waals surface area contributed by atoms with Crippen molar-refractivity contribution < 1.29 is 9.47 Å². The second-order valence-corrected chi connectivity index (χ2v) is 8.09. The van der Waals surface area contributed by atoms with Gasteiger partial charge in [-0.15, -0.1) is 0 Å². The summed E-state index contributed by atoms with van der Waals surface area (Å²) in [5.74, 6) is 3.52. The third kappa shape index (κ3) is 5.93. The number of para-hydroxylation sites is 1. The van der Waals surface area contributed by atoms with Crippen LogP contribution in [0.4, 0.5) is 0 Å². The van der Waals surface area contributed by atoms with Crippen LogP contribution in [0.1, 0.15) is 33.1 Å².